The fourth-order valence-electron chi connectivity index (χ4n) is 3.11. The number of anilines is 1. The van der Waals surface area contributed by atoms with Crippen molar-refractivity contribution in [3.05, 3.63) is 64.7 Å². The molecule has 124 valence electrons. The van der Waals surface area contributed by atoms with Crippen molar-refractivity contribution in [1.82, 2.24) is 4.90 Å². The van der Waals surface area contributed by atoms with E-state index in [-0.39, 0.29) is 11.9 Å². The predicted octanol–water partition coefficient (Wildman–Crippen LogP) is 3.81. The van der Waals surface area contributed by atoms with Gasteiger partial charge in [0.2, 0.25) is 0 Å². The van der Waals surface area contributed by atoms with E-state index in [0.29, 0.717) is 22.8 Å². The molecule has 0 aliphatic carbocycles. The zero-order valence-electron chi connectivity index (χ0n) is 13.0. The average molecular weight is 344 g/mol. The van der Waals surface area contributed by atoms with E-state index in [1.807, 2.05) is 29.2 Å². The van der Waals surface area contributed by atoms with Gasteiger partial charge in [-0.25, -0.2) is 4.79 Å². The monoisotopic (exact) mass is 343 g/mol. The summed E-state index contributed by atoms with van der Waals surface area (Å²) in [5.41, 5.74) is 7.20. The summed E-state index contributed by atoms with van der Waals surface area (Å²) in [5, 5.41) is 3.16. The Morgan fingerprint density at radius 1 is 1.17 bits per heavy atom. The standard InChI is InChI=1S/C18H18ClN3O2/c19-14-6-1-4-12(10-14)16-8-3-9-22(16)17(23)13-5-2-7-15(11-13)21-18(20)24/h1-2,4-7,10-11,16H,3,8-9H2,(H3,20,21,24). The van der Waals surface area contributed by atoms with E-state index in [9.17, 15) is 9.59 Å². The maximum Gasteiger partial charge on any atom is 0.316 e. The Kier molecular flexibility index (Phi) is 4.71. The van der Waals surface area contributed by atoms with Gasteiger partial charge < -0.3 is 16.0 Å². The van der Waals surface area contributed by atoms with E-state index in [0.717, 1.165) is 18.4 Å². The van der Waals surface area contributed by atoms with Gasteiger partial charge in [-0.15, -0.1) is 0 Å². The number of benzene rings is 2. The van der Waals surface area contributed by atoms with Crippen LogP contribution in [0.3, 0.4) is 0 Å². The van der Waals surface area contributed by atoms with E-state index in [2.05, 4.69) is 5.32 Å². The van der Waals surface area contributed by atoms with Gasteiger partial charge >= 0.3 is 6.03 Å². The zero-order chi connectivity index (χ0) is 17.1. The highest BCUT2D eigenvalue weighted by Crippen LogP contribution is 2.34. The third-order valence-corrected chi connectivity index (χ3v) is 4.36. The zero-order valence-corrected chi connectivity index (χ0v) is 13.8. The molecule has 0 radical (unpaired) electrons. The molecule has 6 heteroatoms. The van der Waals surface area contributed by atoms with Crippen LogP contribution in [0.1, 0.15) is 34.8 Å². The Bertz CT molecular complexity index is 778. The van der Waals surface area contributed by atoms with Crippen molar-refractivity contribution in [1.29, 1.82) is 0 Å². The molecule has 2 aromatic rings. The summed E-state index contributed by atoms with van der Waals surface area (Å²) < 4.78 is 0. The van der Waals surface area contributed by atoms with Gasteiger partial charge in [0.05, 0.1) is 6.04 Å². The van der Waals surface area contributed by atoms with E-state index < -0.39 is 6.03 Å². The molecule has 1 unspecified atom stereocenters. The van der Waals surface area contributed by atoms with Crippen LogP contribution in [0.5, 0.6) is 0 Å². The highest BCUT2D eigenvalue weighted by atomic mass is 35.5. The number of carbonyl (C=O) groups excluding carboxylic acids is 2. The first-order chi connectivity index (χ1) is 11.5. The van der Waals surface area contributed by atoms with Crippen LogP contribution in [0.4, 0.5) is 10.5 Å². The van der Waals surface area contributed by atoms with Gasteiger partial charge in [0.1, 0.15) is 0 Å². The smallest absolute Gasteiger partial charge is 0.316 e. The maximum absolute atomic E-state index is 12.9. The second-order valence-corrected chi connectivity index (χ2v) is 6.22. The van der Waals surface area contributed by atoms with Crippen LogP contribution in [0.25, 0.3) is 0 Å². The van der Waals surface area contributed by atoms with Crippen LogP contribution in [-0.4, -0.2) is 23.4 Å². The molecule has 1 heterocycles. The maximum atomic E-state index is 12.9. The Morgan fingerprint density at radius 3 is 2.71 bits per heavy atom. The number of nitrogens with zero attached hydrogens (tertiary/aromatic N) is 1. The van der Waals surface area contributed by atoms with E-state index in [1.165, 1.54) is 0 Å². The lowest BCUT2D eigenvalue weighted by molar-refractivity contribution is 0.0735. The molecule has 0 saturated carbocycles. The summed E-state index contributed by atoms with van der Waals surface area (Å²) >= 11 is 6.08. The Morgan fingerprint density at radius 2 is 1.96 bits per heavy atom. The molecule has 0 spiro atoms. The number of urea groups is 1. The minimum Gasteiger partial charge on any atom is -0.351 e. The molecule has 3 N–H and O–H groups in total. The van der Waals surface area contributed by atoms with Crippen LogP contribution in [0.2, 0.25) is 5.02 Å². The van der Waals surface area contributed by atoms with Crippen molar-refractivity contribution in [3.8, 4) is 0 Å². The van der Waals surface area contributed by atoms with Crippen molar-refractivity contribution in [2.45, 2.75) is 18.9 Å². The fraction of sp³-hybridized carbons (Fsp3) is 0.222. The van der Waals surface area contributed by atoms with Crippen molar-refractivity contribution in [2.24, 2.45) is 5.73 Å². The molecule has 1 fully saturated rings. The SMILES string of the molecule is NC(=O)Nc1cccc(C(=O)N2CCCC2c2cccc(Cl)c2)c1. The molecular weight excluding hydrogens is 326 g/mol. The number of nitrogens with two attached hydrogens (primary N) is 1. The molecule has 1 atom stereocenters. The Balaban J connectivity index is 1.85. The number of nitrogens with one attached hydrogen (secondary N) is 1. The van der Waals surface area contributed by atoms with Gasteiger partial charge in [0.15, 0.2) is 0 Å². The molecule has 3 amide bonds. The summed E-state index contributed by atoms with van der Waals surface area (Å²) in [6.07, 6.45) is 1.85. The van der Waals surface area contributed by atoms with Gasteiger partial charge in [-0.1, -0.05) is 29.8 Å². The quantitative estimate of drug-likeness (QED) is 0.889. The van der Waals surface area contributed by atoms with Crippen LogP contribution < -0.4 is 11.1 Å². The molecule has 24 heavy (non-hydrogen) atoms. The molecule has 0 bridgehead atoms. The molecule has 1 aliphatic rings. The molecular formula is C18H18ClN3O2. The Hall–Kier alpha value is -2.53. The highest BCUT2D eigenvalue weighted by Gasteiger charge is 2.30. The van der Waals surface area contributed by atoms with E-state index >= 15 is 0 Å². The largest absolute Gasteiger partial charge is 0.351 e. The first-order valence-corrected chi connectivity index (χ1v) is 8.15. The topological polar surface area (TPSA) is 75.4 Å². The number of halogens is 1. The number of rotatable bonds is 3. The number of primary amides is 1. The number of hydrogen-bond donors (Lipinski definition) is 2. The molecule has 0 aromatic heterocycles. The normalized spacial score (nSPS) is 16.9. The number of amides is 3. The van der Waals surface area contributed by atoms with Crippen molar-refractivity contribution in [3.63, 3.8) is 0 Å². The minimum atomic E-state index is -0.655. The van der Waals surface area contributed by atoms with Crippen LogP contribution in [0.15, 0.2) is 48.5 Å². The van der Waals surface area contributed by atoms with Crippen LogP contribution in [-0.2, 0) is 0 Å². The third-order valence-electron chi connectivity index (χ3n) is 4.12. The van der Waals surface area contributed by atoms with Crippen molar-refractivity contribution < 1.29 is 9.59 Å². The summed E-state index contributed by atoms with van der Waals surface area (Å²) in [6, 6.07) is 13.8. The summed E-state index contributed by atoms with van der Waals surface area (Å²) in [6.45, 7) is 0.698. The summed E-state index contributed by atoms with van der Waals surface area (Å²) in [5.74, 6) is -0.0643. The Labute approximate surface area is 145 Å². The van der Waals surface area contributed by atoms with Crippen molar-refractivity contribution in [2.75, 3.05) is 11.9 Å². The van der Waals surface area contributed by atoms with Gasteiger partial charge in [-0.2, -0.15) is 0 Å². The number of likely N-dealkylation sites (tertiary alicyclic amines) is 1. The van der Waals surface area contributed by atoms with Crippen molar-refractivity contribution >= 4 is 29.2 Å². The fourth-order valence-corrected chi connectivity index (χ4v) is 3.31. The minimum absolute atomic E-state index is 0.0176. The van der Waals surface area contributed by atoms with Crippen LogP contribution >= 0.6 is 11.6 Å². The van der Waals surface area contributed by atoms with E-state index in [4.69, 9.17) is 17.3 Å². The summed E-state index contributed by atoms with van der Waals surface area (Å²) in [4.78, 5) is 25.7. The molecule has 2 aromatic carbocycles. The highest BCUT2D eigenvalue weighted by molar-refractivity contribution is 6.30. The van der Waals surface area contributed by atoms with Gasteiger partial charge in [0.25, 0.3) is 5.91 Å². The molecule has 1 saturated heterocycles. The average Bonchev–Trinajstić information content (AvgIpc) is 3.03. The molecule has 5 nitrogen and oxygen atoms in total. The van der Waals surface area contributed by atoms with Gasteiger partial charge in [-0.05, 0) is 48.7 Å². The lowest BCUT2D eigenvalue weighted by Crippen LogP contribution is -2.30. The lowest BCUT2D eigenvalue weighted by Gasteiger charge is -2.25. The lowest BCUT2D eigenvalue weighted by atomic mass is 10.0. The second kappa shape index (κ2) is 6.93. The van der Waals surface area contributed by atoms with Gasteiger partial charge in [-0.3, -0.25) is 4.79 Å². The first-order valence-electron chi connectivity index (χ1n) is 7.77. The first kappa shape index (κ1) is 16.3. The van der Waals surface area contributed by atoms with Crippen LogP contribution in [0, 0.1) is 0 Å². The summed E-state index contributed by atoms with van der Waals surface area (Å²) in [7, 11) is 0. The number of hydrogen-bond acceptors (Lipinski definition) is 2. The second-order valence-electron chi connectivity index (χ2n) is 5.78. The van der Waals surface area contributed by atoms with E-state index in [1.54, 1.807) is 24.3 Å². The molecule has 3 rings (SSSR count). The molecule has 1 aliphatic heterocycles. The number of carbonyl (C=O) groups is 2. The third kappa shape index (κ3) is 3.51. The van der Waals surface area contributed by atoms with Gasteiger partial charge in [0, 0.05) is 22.8 Å². The predicted molar refractivity (Wildman–Crippen MR) is 94.1 cm³/mol.